The van der Waals surface area contributed by atoms with E-state index in [4.69, 9.17) is 0 Å². The molecule has 3 rings (SSSR count). The van der Waals surface area contributed by atoms with Gasteiger partial charge in [-0.1, -0.05) is 56.0 Å². The topological polar surface area (TPSA) is 15.8 Å². The van der Waals surface area contributed by atoms with Crippen LogP contribution in [-0.2, 0) is 0 Å². The summed E-state index contributed by atoms with van der Waals surface area (Å²) in [5.41, 5.74) is 2.58. The lowest BCUT2D eigenvalue weighted by Gasteiger charge is -2.17. The average Bonchev–Trinajstić information content (AvgIpc) is 2.65. The van der Waals surface area contributed by atoms with E-state index in [0.29, 0.717) is 0 Å². The molecule has 86 valence electrons. The zero-order chi connectivity index (χ0) is 12.0. The van der Waals surface area contributed by atoms with Crippen molar-refractivity contribution in [2.75, 3.05) is 0 Å². The van der Waals surface area contributed by atoms with Crippen LogP contribution >= 0.6 is 0 Å². The number of rotatable bonds is 1. The molecule has 0 aliphatic carbocycles. The van der Waals surface area contributed by atoms with Crippen LogP contribution in [0.4, 0.5) is 0 Å². The summed E-state index contributed by atoms with van der Waals surface area (Å²) < 4.78 is 0. The van der Waals surface area contributed by atoms with Gasteiger partial charge in [-0.05, 0) is 11.3 Å². The molecule has 0 atom stereocenters. The Balaban J connectivity index is 2.48. The molecule has 1 N–H and O–H groups in total. The molecule has 1 aromatic heterocycles. The second kappa shape index (κ2) is 3.47. The van der Waals surface area contributed by atoms with Crippen LogP contribution in [0.25, 0.3) is 21.8 Å². The number of para-hydroxylation sites is 2. The maximum atomic E-state index is 3.59. The Morgan fingerprint density at radius 1 is 0.824 bits per heavy atom. The van der Waals surface area contributed by atoms with Gasteiger partial charge in [-0.15, -0.1) is 0 Å². The van der Waals surface area contributed by atoms with Crippen LogP contribution in [0.5, 0.6) is 0 Å². The highest BCUT2D eigenvalue weighted by atomic mass is 28.3. The maximum absolute atomic E-state index is 3.59. The number of hydrogen-bond donors (Lipinski definition) is 1. The molecule has 0 saturated carbocycles. The fraction of sp³-hybridized carbons (Fsp3) is 0.200. The number of aromatic nitrogens is 1. The molecule has 0 saturated heterocycles. The summed E-state index contributed by atoms with van der Waals surface area (Å²) in [4.78, 5) is 3.59. The Kier molecular flexibility index (Phi) is 2.17. The SMILES string of the molecule is C[Si](C)(C)c1cccc2c1[nH]c1ccccc12. The monoisotopic (exact) mass is 239 g/mol. The van der Waals surface area contributed by atoms with Gasteiger partial charge in [0.15, 0.2) is 0 Å². The maximum Gasteiger partial charge on any atom is 0.0803 e. The van der Waals surface area contributed by atoms with Gasteiger partial charge in [0.1, 0.15) is 0 Å². The lowest BCUT2D eigenvalue weighted by molar-refractivity contribution is 1.55. The lowest BCUT2D eigenvalue weighted by atomic mass is 10.1. The van der Waals surface area contributed by atoms with E-state index in [-0.39, 0.29) is 0 Å². The molecule has 1 nitrogen and oxygen atoms in total. The van der Waals surface area contributed by atoms with Crippen LogP contribution in [0.1, 0.15) is 0 Å². The van der Waals surface area contributed by atoms with E-state index >= 15 is 0 Å². The van der Waals surface area contributed by atoms with Gasteiger partial charge < -0.3 is 4.98 Å². The molecular formula is C15H17NSi. The second-order valence-corrected chi connectivity index (χ2v) is 10.7. The van der Waals surface area contributed by atoms with Crippen LogP contribution in [-0.4, -0.2) is 13.1 Å². The summed E-state index contributed by atoms with van der Waals surface area (Å²) in [5.74, 6) is 0. The highest BCUT2D eigenvalue weighted by Crippen LogP contribution is 2.25. The summed E-state index contributed by atoms with van der Waals surface area (Å²) in [6.07, 6.45) is 0. The number of hydrogen-bond acceptors (Lipinski definition) is 0. The lowest BCUT2D eigenvalue weighted by Crippen LogP contribution is -2.38. The molecule has 0 radical (unpaired) electrons. The van der Waals surface area contributed by atoms with Crippen molar-refractivity contribution in [2.24, 2.45) is 0 Å². The van der Waals surface area contributed by atoms with Crippen molar-refractivity contribution in [3.05, 3.63) is 42.5 Å². The van der Waals surface area contributed by atoms with Gasteiger partial charge in [0.2, 0.25) is 0 Å². The van der Waals surface area contributed by atoms with Crippen molar-refractivity contribution in [1.29, 1.82) is 0 Å². The first-order valence-corrected chi connectivity index (χ1v) is 9.57. The quantitative estimate of drug-likeness (QED) is 0.621. The van der Waals surface area contributed by atoms with E-state index in [1.165, 1.54) is 27.0 Å². The predicted octanol–water partition coefficient (Wildman–Crippen LogP) is 3.87. The van der Waals surface area contributed by atoms with Crippen LogP contribution in [0.2, 0.25) is 19.6 Å². The van der Waals surface area contributed by atoms with E-state index < -0.39 is 8.07 Å². The van der Waals surface area contributed by atoms with Crippen LogP contribution in [0, 0.1) is 0 Å². The zero-order valence-corrected chi connectivity index (χ0v) is 11.5. The normalized spacial score (nSPS) is 12.4. The minimum Gasteiger partial charge on any atom is -0.355 e. The molecule has 0 aliphatic rings. The smallest absolute Gasteiger partial charge is 0.0803 e. The van der Waals surface area contributed by atoms with Crippen LogP contribution in [0.15, 0.2) is 42.5 Å². The number of H-pyrrole nitrogens is 1. The summed E-state index contributed by atoms with van der Waals surface area (Å²) in [5, 5.41) is 4.22. The van der Waals surface area contributed by atoms with Crippen LogP contribution < -0.4 is 5.19 Å². The molecule has 1 heterocycles. The summed E-state index contributed by atoms with van der Waals surface area (Å²) in [6, 6.07) is 15.2. The zero-order valence-electron chi connectivity index (χ0n) is 10.5. The van der Waals surface area contributed by atoms with Gasteiger partial charge in [-0.2, -0.15) is 0 Å². The van der Waals surface area contributed by atoms with E-state index in [1.54, 1.807) is 0 Å². The van der Waals surface area contributed by atoms with Gasteiger partial charge in [-0.25, -0.2) is 0 Å². The number of benzene rings is 2. The van der Waals surface area contributed by atoms with Gasteiger partial charge in [0.25, 0.3) is 0 Å². The number of aromatic amines is 1. The third-order valence-electron chi connectivity index (χ3n) is 3.35. The molecule has 0 spiro atoms. The molecule has 3 aromatic rings. The van der Waals surface area contributed by atoms with Crippen molar-refractivity contribution in [2.45, 2.75) is 19.6 Å². The van der Waals surface area contributed by atoms with Crippen molar-refractivity contribution < 1.29 is 0 Å². The molecule has 0 amide bonds. The molecule has 0 bridgehead atoms. The largest absolute Gasteiger partial charge is 0.355 e. The highest BCUT2D eigenvalue weighted by molar-refractivity contribution is 6.90. The Hall–Kier alpha value is -1.54. The molecule has 17 heavy (non-hydrogen) atoms. The third kappa shape index (κ3) is 1.60. The van der Waals surface area contributed by atoms with Crippen LogP contribution in [0.3, 0.4) is 0 Å². The Labute approximate surface area is 102 Å². The van der Waals surface area contributed by atoms with Crippen molar-refractivity contribution in [3.63, 3.8) is 0 Å². The number of nitrogens with one attached hydrogen (secondary N) is 1. The first-order valence-electron chi connectivity index (χ1n) is 6.07. The minimum atomic E-state index is -1.29. The van der Waals surface area contributed by atoms with Crippen molar-refractivity contribution >= 4 is 35.1 Å². The predicted molar refractivity (Wildman–Crippen MR) is 78.8 cm³/mol. The van der Waals surface area contributed by atoms with Crippen molar-refractivity contribution in [3.8, 4) is 0 Å². The second-order valence-electron chi connectivity index (χ2n) is 5.65. The van der Waals surface area contributed by atoms with Gasteiger partial charge >= 0.3 is 0 Å². The highest BCUT2D eigenvalue weighted by Gasteiger charge is 2.20. The summed E-state index contributed by atoms with van der Waals surface area (Å²) in [6.45, 7) is 7.19. The molecular weight excluding hydrogens is 222 g/mol. The average molecular weight is 239 g/mol. The fourth-order valence-corrected chi connectivity index (χ4v) is 4.04. The first-order chi connectivity index (χ1) is 8.07. The Morgan fingerprint density at radius 2 is 1.53 bits per heavy atom. The van der Waals surface area contributed by atoms with E-state index in [1.807, 2.05) is 0 Å². The van der Waals surface area contributed by atoms with Gasteiger partial charge in [0.05, 0.1) is 8.07 Å². The van der Waals surface area contributed by atoms with Crippen molar-refractivity contribution in [1.82, 2.24) is 4.98 Å². The Morgan fingerprint density at radius 3 is 2.29 bits per heavy atom. The Bertz CT molecular complexity index is 689. The summed E-state index contributed by atoms with van der Waals surface area (Å²) >= 11 is 0. The summed E-state index contributed by atoms with van der Waals surface area (Å²) in [7, 11) is -1.29. The molecule has 0 unspecified atom stereocenters. The minimum absolute atomic E-state index is 1.24. The number of fused-ring (bicyclic) bond motifs is 3. The van der Waals surface area contributed by atoms with Gasteiger partial charge in [-0.3, -0.25) is 0 Å². The molecule has 2 aromatic carbocycles. The van der Waals surface area contributed by atoms with E-state index in [9.17, 15) is 0 Å². The van der Waals surface area contributed by atoms with E-state index in [0.717, 1.165) is 0 Å². The van der Waals surface area contributed by atoms with Gasteiger partial charge in [0, 0.05) is 21.8 Å². The fourth-order valence-electron chi connectivity index (χ4n) is 2.50. The third-order valence-corrected chi connectivity index (χ3v) is 5.38. The van der Waals surface area contributed by atoms with E-state index in [2.05, 4.69) is 67.1 Å². The molecule has 0 aliphatic heterocycles. The first kappa shape index (κ1) is 10.6. The molecule has 0 fully saturated rings. The standard InChI is InChI=1S/C15H17NSi/c1-17(2,3)14-10-6-8-12-11-7-4-5-9-13(11)16-15(12)14/h4-10,16H,1-3H3. The molecule has 2 heteroatoms.